The summed E-state index contributed by atoms with van der Waals surface area (Å²) in [7, 11) is 0. The quantitative estimate of drug-likeness (QED) is 0.0376. The number of nitrogens with zero attached hydrogens (tertiary/aromatic N) is 2. The first-order valence-electron chi connectivity index (χ1n) is 35.0. The summed E-state index contributed by atoms with van der Waals surface area (Å²) in [5.41, 5.74) is 28.0. The van der Waals surface area contributed by atoms with Crippen LogP contribution in [0.1, 0.15) is 370 Å². The van der Waals surface area contributed by atoms with Crippen LogP contribution in [0.25, 0.3) is 16.9 Å². The zero-order valence-electron chi connectivity index (χ0n) is 54.1. The molecule has 1 heterocycles. The number of benzene rings is 2. The molecular formula is C74H130N2NiO2. The summed E-state index contributed by atoms with van der Waals surface area (Å²) in [6.45, 7) is 22.0. The van der Waals surface area contributed by atoms with Crippen LogP contribution < -0.4 is 0 Å². The standard InChI is InChI=1S/C68H116N2.2C3H7O.Ni/c1-8-15-22-24-26-28-30-32-34-36-38-40-42-44-51-65-58(46-17-10-3)53-63(54-59(65)47-18-11-4)67-57-62(50-21-14-7)68(70(67)69)64-55-60(48-19-12-5)66(61(56-64)49-20-13-6)52-45-43-41-39-37-35-33-31-29-27-25-23-16-9-2;2*1-2-3-4;/h53-57H,8-52H2,1-7H3;2*2-3H2,1H3;/q;2*-1;+2. The number of unbranched alkanes of at least 4 members (excludes halogenated alkanes) is 31. The third-order valence-electron chi connectivity index (χ3n) is 16.7. The second kappa shape index (κ2) is 51.6. The van der Waals surface area contributed by atoms with Crippen LogP contribution in [0.5, 0.6) is 0 Å². The molecule has 0 aromatic heterocycles. The van der Waals surface area contributed by atoms with Crippen molar-refractivity contribution in [2.24, 2.45) is 0 Å². The van der Waals surface area contributed by atoms with Crippen molar-refractivity contribution in [2.75, 3.05) is 13.2 Å². The molecule has 0 atom stereocenters. The molecule has 3 rings (SSSR count). The molecule has 0 aliphatic carbocycles. The average molecular weight is 1140 g/mol. The van der Waals surface area contributed by atoms with Gasteiger partial charge in [0, 0.05) is 22.8 Å². The first kappa shape index (κ1) is 73.0. The fourth-order valence-corrected chi connectivity index (χ4v) is 12.4. The van der Waals surface area contributed by atoms with Gasteiger partial charge >= 0.3 is 62.7 Å². The van der Waals surface area contributed by atoms with Gasteiger partial charge in [-0.15, -0.1) is 0 Å². The van der Waals surface area contributed by atoms with Gasteiger partial charge in [0.05, 0.1) is 0 Å². The van der Waals surface area contributed by atoms with Gasteiger partial charge in [-0.3, -0.25) is 0 Å². The normalized spacial score (nSPS) is 12.6. The summed E-state index contributed by atoms with van der Waals surface area (Å²) in [6, 6.07) is 10.1. The number of aryl methyl sites for hydroxylation is 4. The molecular weight excluding hydrogens is 1010 g/mol. The van der Waals surface area contributed by atoms with Gasteiger partial charge in [-0.2, -0.15) is 0 Å². The van der Waals surface area contributed by atoms with E-state index < -0.39 is 0 Å². The van der Waals surface area contributed by atoms with E-state index in [1.807, 2.05) is 0 Å². The van der Waals surface area contributed by atoms with E-state index in [1.54, 1.807) is 38.1 Å². The molecule has 5 heteroatoms. The number of allylic oxidation sites excluding steroid dienone is 2. The predicted molar refractivity (Wildman–Crippen MR) is 346 cm³/mol. The molecule has 1 aliphatic heterocycles. The molecule has 4 nitrogen and oxygen atoms in total. The molecule has 0 bridgehead atoms. The summed E-state index contributed by atoms with van der Waals surface area (Å²) in [5, 5.41) is 0. The Morgan fingerprint density at radius 1 is 0.316 bits per heavy atom. The van der Waals surface area contributed by atoms with Gasteiger partial charge in [0.15, 0.2) is 0 Å². The Kier molecular flexibility index (Phi) is 47.7. The van der Waals surface area contributed by atoms with Crippen LogP contribution in [0.4, 0.5) is 0 Å². The number of hydrogen-bond acceptors (Lipinski definition) is 2. The summed E-state index contributed by atoms with van der Waals surface area (Å²) in [5.74, 6) is 0. The Morgan fingerprint density at radius 3 is 0.899 bits per heavy atom. The Hall–Kier alpha value is -2.07. The van der Waals surface area contributed by atoms with E-state index in [4.69, 9.17) is 7.76 Å². The molecule has 2 aromatic rings. The molecule has 458 valence electrons. The monoisotopic (exact) mass is 1140 g/mol. The van der Waals surface area contributed by atoms with E-state index in [0.29, 0.717) is 0 Å². The van der Waals surface area contributed by atoms with Crippen LogP contribution in [-0.4, -0.2) is 17.9 Å². The van der Waals surface area contributed by atoms with Gasteiger partial charge in [0.2, 0.25) is 11.4 Å². The van der Waals surface area contributed by atoms with E-state index in [1.165, 1.54) is 261 Å². The van der Waals surface area contributed by atoms with E-state index in [0.717, 1.165) is 97.5 Å². The van der Waals surface area contributed by atoms with Crippen LogP contribution in [0, 0.1) is 0 Å². The van der Waals surface area contributed by atoms with E-state index in [9.17, 15) is 5.53 Å². The van der Waals surface area contributed by atoms with Crippen molar-refractivity contribution >= 4 is 11.4 Å². The third-order valence-corrected chi connectivity index (χ3v) is 17.3. The maximum absolute atomic E-state index is 12.6. The van der Waals surface area contributed by atoms with Gasteiger partial charge in [-0.1, -0.05) is 248 Å². The Labute approximate surface area is 499 Å². The van der Waals surface area contributed by atoms with Crippen molar-refractivity contribution in [1.82, 2.24) is 0 Å². The molecule has 79 heavy (non-hydrogen) atoms. The van der Waals surface area contributed by atoms with E-state index in [-0.39, 0.29) is 0 Å². The molecule has 0 amide bonds. The number of rotatable bonds is 53. The van der Waals surface area contributed by atoms with Crippen LogP contribution >= 0.6 is 0 Å². The van der Waals surface area contributed by atoms with Crippen LogP contribution in [0.15, 0.2) is 35.9 Å². The first-order chi connectivity index (χ1) is 38.9. The van der Waals surface area contributed by atoms with E-state index >= 15 is 0 Å². The van der Waals surface area contributed by atoms with Crippen molar-refractivity contribution in [3.8, 4) is 0 Å². The molecule has 1 aliphatic rings. The Morgan fingerprint density at radius 2 is 0.595 bits per heavy atom. The van der Waals surface area contributed by atoms with Crippen molar-refractivity contribution in [3.63, 3.8) is 0 Å². The molecule has 0 saturated carbocycles. The Bertz CT molecular complexity index is 1780. The van der Waals surface area contributed by atoms with Crippen LogP contribution in [-0.2, 0) is 61.4 Å². The second-order valence-corrected chi connectivity index (χ2v) is 24.8. The third kappa shape index (κ3) is 33.1. The molecule has 0 fully saturated rings. The minimum atomic E-state index is 0.781. The fraction of sp³-hybridized carbons (Fsp3) is 0.784. The van der Waals surface area contributed by atoms with Gasteiger partial charge in [0.1, 0.15) is 0 Å². The second-order valence-electron chi connectivity index (χ2n) is 24.1. The maximum atomic E-state index is 12.6. The first-order valence-corrected chi connectivity index (χ1v) is 35.8. The molecule has 2 aromatic carbocycles. The zero-order valence-corrected chi connectivity index (χ0v) is 55.0. The summed E-state index contributed by atoms with van der Waals surface area (Å²) in [4.78, 5) is 0. The zero-order chi connectivity index (χ0) is 57.2. The molecule has 0 unspecified atom stereocenters. The average Bonchev–Trinajstić information content (AvgIpc) is 3.79. The minimum absolute atomic E-state index is 0.781. The molecule has 0 radical (unpaired) electrons. The molecule has 0 spiro atoms. The summed E-state index contributed by atoms with van der Waals surface area (Å²) in [6.07, 6.45) is 63.9. The predicted octanol–water partition coefficient (Wildman–Crippen LogP) is 24.8. The summed E-state index contributed by atoms with van der Waals surface area (Å²) >= 11 is 0.942. The van der Waals surface area contributed by atoms with Crippen molar-refractivity contribution in [1.29, 1.82) is 0 Å². The van der Waals surface area contributed by atoms with Crippen LogP contribution in [0.3, 0.4) is 0 Å². The van der Waals surface area contributed by atoms with Crippen molar-refractivity contribution < 1.29 is 27.5 Å². The van der Waals surface area contributed by atoms with Crippen molar-refractivity contribution in [2.45, 2.75) is 364 Å². The van der Waals surface area contributed by atoms with Gasteiger partial charge < -0.3 is 5.53 Å². The van der Waals surface area contributed by atoms with Crippen molar-refractivity contribution in [3.05, 3.63) is 86.0 Å². The van der Waals surface area contributed by atoms with Gasteiger partial charge in [-0.25, -0.2) is 4.70 Å². The summed E-state index contributed by atoms with van der Waals surface area (Å²) < 4.78 is 11.6. The number of hydrogen-bond donors (Lipinski definition) is 0. The van der Waals surface area contributed by atoms with Gasteiger partial charge in [0.25, 0.3) is 0 Å². The molecule has 0 saturated heterocycles. The van der Waals surface area contributed by atoms with Crippen LogP contribution in [0.2, 0.25) is 0 Å². The van der Waals surface area contributed by atoms with E-state index in [2.05, 4.69) is 92.7 Å². The topological polar surface area (TPSA) is 43.8 Å². The SMILES string of the molecule is CCCCCCCCCCCCCCCCc1c(CCCC)cc(C2=CC(CCCC)=C(c3cc(CCCC)c(CCCCCCCCCCCCCCCC)c(CCCC)c3)[N+]2=[N-])cc1CCCC.CCC[O][Ni][O]CCC. The van der Waals surface area contributed by atoms with Gasteiger partial charge in [-0.05, 0) is 148 Å². The Balaban J connectivity index is 0.00000216. The molecule has 0 N–H and O–H groups in total. The fourth-order valence-electron chi connectivity index (χ4n) is 11.7.